The molecule has 0 atom stereocenters. The Hall–Kier alpha value is -3.11. The van der Waals surface area contributed by atoms with Gasteiger partial charge in [-0.15, -0.1) is 5.10 Å². The molecule has 3 heterocycles. The van der Waals surface area contributed by atoms with Crippen molar-refractivity contribution in [3.8, 4) is 5.69 Å². The van der Waals surface area contributed by atoms with Crippen molar-refractivity contribution < 1.29 is 13.2 Å². The third-order valence-corrected chi connectivity index (χ3v) is 7.96. The van der Waals surface area contributed by atoms with E-state index in [2.05, 4.69) is 21.6 Å². The maximum absolute atomic E-state index is 13.1. The number of nitrogens with zero attached hydrogens (tertiary/aromatic N) is 6. The van der Waals surface area contributed by atoms with Crippen LogP contribution in [0.1, 0.15) is 18.4 Å². The Morgan fingerprint density at radius 1 is 0.968 bits per heavy atom. The van der Waals surface area contributed by atoms with Crippen molar-refractivity contribution in [2.24, 2.45) is 5.92 Å². The van der Waals surface area contributed by atoms with Crippen LogP contribution in [0, 0.1) is 5.92 Å². The first-order valence-electron chi connectivity index (χ1n) is 10.3. The lowest BCUT2D eigenvalue weighted by Gasteiger charge is -2.32. The number of fused-ring (bicyclic) bond motifs is 1. The number of carbonyl (C=O) groups excluding carboxylic acids is 1. The summed E-state index contributed by atoms with van der Waals surface area (Å²) in [5.74, 6) is -0.0485. The molecule has 0 spiro atoms. The minimum Gasteiger partial charge on any atom is -0.312 e. The van der Waals surface area contributed by atoms with Gasteiger partial charge < -0.3 is 4.90 Å². The Kier molecular flexibility index (Phi) is 5.03. The molecule has 0 unspecified atom stereocenters. The molecule has 1 saturated heterocycles. The van der Waals surface area contributed by atoms with Crippen molar-refractivity contribution in [3.05, 3.63) is 60.4 Å². The summed E-state index contributed by atoms with van der Waals surface area (Å²) in [5.41, 5.74) is 2.87. The van der Waals surface area contributed by atoms with Gasteiger partial charge >= 0.3 is 0 Å². The van der Waals surface area contributed by atoms with Crippen molar-refractivity contribution >= 4 is 21.6 Å². The van der Waals surface area contributed by atoms with Crippen molar-refractivity contribution in [2.45, 2.75) is 24.2 Å². The normalized spacial score (nSPS) is 17.6. The molecule has 0 N–H and O–H groups in total. The fourth-order valence-electron chi connectivity index (χ4n) is 4.33. The number of sulfonamides is 1. The van der Waals surface area contributed by atoms with Crippen LogP contribution in [0.15, 0.2) is 59.8 Å². The van der Waals surface area contributed by atoms with E-state index >= 15 is 0 Å². The van der Waals surface area contributed by atoms with Crippen LogP contribution in [0.2, 0.25) is 0 Å². The summed E-state index contributed by atoms with van der Waals surface area (Å²) >= 11 is 0. The van der Waals surface area contributed by atoms with Gasteiger partial charge in [0.2, 0.25) is 15.9 Å². The molecule has 0 saturated carbocycles. The number of amides is 1. The SMILES string of the molecule is O=C(C1CCN(S(=O)(=O)c2ccc(-n3cnnn3)cc2)CC1)N1CCc2ccccc21. The molecule has 2 aliphatic rings. The Morgan fingerprint density at radius 2 is 1.71 bits per heavy atom. The lowest BCUT2D eigenvalue weighted by Crippen LogP contribution is -2.44. The van der Waals surface area contributed by atoms with Crippen LogP contribution in [0.3, 0.4) is 0 Å². The summed E-state index contributed by atoms with van der Waals surface area (Å²) in [6.45, 7) is 1.37. The lowest BCUT2D eigenvalue weighted by atomic mass is 9.96. The maximum atomic E-state index is 13.1. The van der Waals surface area contributed by atoms with E-state index in [4.69, 9.17) is 0 Å². The van der Waals surface area contributed by atoms with Gasteiger partial charge in [0.1, 0.15) is 6.33 Å². The van der Waals surface area contributed by atoms with Gasteiger partial charge in [0.05, 0.1) is 10.6 Å². The zero-order chi connectivity index (χ0) is 21.4. The molecule has 10 heteroatoms. The van der Waals surface area contributed by atoms with E-state index in [1.807, 2.05) is 23.1 Å². The molecule has 2 aromatic carbocycles. The number of piperidine rings is 1. The minimum absolute atomic E-state index is 0.104. The summed E-state index contributed by atoms with van der Waals surface area (Å²) in [4.78, 5) is 15.2. The first-order chi connectivity index (χ1) is 15.0. The Labute approximate surface area is 180 Å². The highest BCUT2D eigenvalue weighted by atomic mass is 32.2. The molecular formula is C21H22N6O3S. The predicted molar refractivity (Wildman–Crippen MR) is 113 cm³/mol. The van der Waals surface area contributed by atoms with Crippen molar-refractivity contribution in [2.75, 3.05) is 24.5 Å². The molecule has 0 aliphatic carbocycles. The molecule has 5 rings (SSSR count). The molecule has 1 fully saturated rings. The number of carbonyl (C=O) groups is 1. The van der Waals surface area contributed by atoms with Crippen LogP contribution < -0.4 is 4.90 Å². The van der Waals surface area contributed by atoms with Crippen LogP contribution in [-0.2, 0) is 21.2 Å². The fourth-order valence-corrected chi connectivity index (χ4v) is 5.80. The van der Waals surface area contributed by atoms with Gasteiger partial charge in [-0.2, -0.15) is 4.31 Å². The van der Waals surface area contributed by atoms with Gasteiger partial charge in [-0.3, -0.25) is 4.79 Å². The van der Waals surface area contributed by atoms with Crippen molar-refractivity contribution in [1.29, 1.82) is 0 Å². The molecule has 9 nitrogen and oxygen atoms in total. The standard InChI is InChI=1S/C21H22N6O3S/c28-21(26-14-11-16-3-1-2-4-20(16)26)17-9-12-25(13-10-17)31(29,30)19-7-5-18(6-8-19)27-15-22-23-24-27/h1-8,15,17H,9-14H2. The quantitative estimate of drug-likeness (QED) is 0.614. The van der Waals surface area contributed by atoms with Crippen molar-refractivity contribution in [1.82, 2.24) is 24.5 Å². The number of aromatic nitrogens is 4. The summed E-state index contributed by atoms with van der Waals surface area (Å²) in [7, 11) is -3.62. The Bertz CT molecular complexity index is 1190. The first kappa shape index (κ1) is 19.8. The third-order valence-electron chi connectivity index (χ3n) is 6.04. The molecular weight excluding hydrogens is 416 g/mol. The number of rotatable bonds is 4. The van der Waals surface area contributed by atoms with Gasteiger partial charge in [0, 0.05) is 31.2 Å². The number of hydrogen-bond donors (Lipinski definition) is 0. The highest BCUT2D eigenvalue weighted by Gasteiger charge is 2.35. The average Bonchev–Trinajstić information content (AvgIpc) is 3.49. The second-order valence-electron chi connectivity index (χ2n) is 7.80. The minimum atomic E-state index is -3.62. The molecule has 160 valence electrons. The largest absolute Gasteiger partial charge is 0.312 e. The smallest absolute Gasteiger partial charge is 0.243 e. The topological polar surface area (TPSA) is 101 Å². The summed E-state index contributed by atoms with van der Waals surface area (Å²) in [6.07, 6.45) is 3.37. The fraction of sp³-hybridized carbons (Fsp3) is 0.333. The number of tetrazole rings is 1. The number of anilines is 1. The summed E-state index contributed by atoms with van der Waals surface area (Å²) in [5, 5.41) is 11.0. The highest BCUT2D eigenvalue weighted by Crippen LogP contribution is 2.32. The van der Waals surface area contributed by atoms with E-state index in [-0.39, 0.29) is 16.7 Å². The molecule has 1 amide bonds. The van der Waals surface area contributed by atoms with Crippen LogP contribution in [-0.4, -0.2) is 58.5 Å². The summed E-state index contributed by atoms with van der Waals surface area (Å²) in [6, 6.07) is 14.4. The van der Waals surface area contributed by atoms with Crippen LogP contribution in [0.5, 0.6) is 0 Å². The second-order valence-corrected chi connectivity index (χ2v) is 9.73. The van der Waals surface area contributed by atoms with Crippen LogP contribution in [0.4, 0.5) is 5.69 Å². The zero-order valence-corrected chi connectivity index (χ0v) is 17.6. The van der Waals surface area contributed by atoms with Gasteiger partial charge in [-0.05, 0) is 65.6 Å². The molecule has 1 aromatic heterocycles. The lowest BCUT2D eigenvalue weighted by molar-refractivity contribution is -0.123. The van der Waals surface area contributed by atoms with Crippen molar-refractivity contribution in [3.63, 3.8) is 0 Å². The van der Waals surface area contributed by atoms with E-state index < -0.39 is 10.0 Å². The zero-order valence-electron chi connectivity index (χ0n) is 16.8. The predicted octanol–water partition coefficient (Wildman–Crippen LogP) is 1.65. The van der Waals surface area contributed by atoms with E-state index in [1.54, 1.807) is 24.3 Å². The monoisotopic (exact) mass is 438 g/mol. The molecule has 31 heavy (non-hydrogen) atoms. The number of para-hydroxylation sites is 1. The molecule has 0 bridgehead atoms. The highest BCUT2D eigenvalue weighted by molar-refractivity contribution is 7.89. The van der Waals surface area contributed by atoms with Gasteiger partial charge in [0.15, 0.2) is 0 Å². The van der Waals surface area contributed by atoms with E-state index in [0.717, 1.165) is 12.1 Å². The first-order valence-corrected chi connectivity index (χ1v) is 11.7. The van der Waals surface area contributed by atoms with Gasteiger partial charge in [-0.25, -0.2) is 13.1 Å². The number of benzene rings is 2. The molecule has 2 aliphatic heterocycles. The van der Waals surface area contributed by atoms with Gasteiger partial charge in [-0.1, -0.05) is 18.2 Å². The Morgan fingerprint density at radius 3 is 2.42 bits per heavy atom. The summed E-state index contributed by atoms with van der Waals surface area (Å²) < 4.78 is 29.1. The molecule has 0 radical (unpaired) electrons. The number of hydrogen-bond acceptors (Lipinski definition) is 6. The van der Waals surface area contributed by atoms with E-state index in [0.29, 0.717) is 38.2 Å². The van der Waals surface area contributed by atoms with Gasteiger partial charge in [0.25, 0.3) is 0 Å². The third kappa shape index (κ3) is 3.61. The molecule has 3 aromatic rings. The van der Waals surface area contributed by atoms with Crippen LogP contribution in [0.25, 0.3) is 5.69 Å². The van der Waals surface area contributed by atoms with Crippen LogP contribution >= 0.6 is 0 Å². The van der Waals surface area contributed by atoms with E-state index in [9.17, 15) is 13.2 Å². The Balaban J connectivity index is 1.25. The second kappa shape index (κ2) is 7.86. The maximum Gasteiger partial charge on any atom is 0.243 e. The van der Waals surface area contributed by atoms with E-state index in [1.165, 1.54) is 20.9 Å². The average molecular weight is 439 g/mol.